The van der Waals surface area contributed by atoms with Gasteiger partial charge in [-0.1, -0.05) is 30.3 Å². The zero-order chi connectivity index (χ0) is 21.8. The highest BCUT2D eigenvalue weighted by molar-refractivity contribution is 6.04. The number of esters is 1. The molecule has 0 saturated carbocycles. The van der Waals surface area contributed by atoms with Crippen LogP contribution in [0.3, 0.4) is 0 Å². The lowest BCUT2D eigenvalue weighted by atomic mass is 10.2. The summed E-state index contributed by atoms with van der Waals surface area (Å²) in [4.78, 5) is 53.0. The third kappa shape index (κ3) is 4.37. The number of carbonyl (C=O) groups is 3. The third-order valence-corrected chi connectivity index (χ3v) is 4.34. The fraction of sp³-hybridized carbons (Fsp3) is 0.250. The highest BCUT2D eigenvalue weighted by Gasteiger charge is 2.27. The summed E-state index contributed by atoms with van der Waals surface area (Å²) in [5, 5.41) is 4.61. The number of nitrogens with zero attached hydrogens (tertiary/aromatic N) is 2. The summed E-state index contributed by atoms with van der Waals surface area (Å²) in [6.07, 6.45) is -0.0165. The van der Waals surface area contributed by atoms with Crippen molar-refractivity contribution in [1.29, 1.82) is 0 Å². The van der Waals surface area contributed by atoms with E-state index in [0.717, 1.165) is 5.56 Å². The second-order valence-corrected chi connectivity index (χ2v) is 6.58. The van der Waals surface area contributed by atoms with E-state index in [9.17, 15) is 19.2 Å². The first-order valence-corrected chi connectivity index (χ1v) is 9.06. The minimum Gasteiger partial charge on any atom is -0.449 e. The number of imide groups is 1. The molecule has 0 bridgehead atoms. The molecular weight excluding hydrogens is 392 g/mol. The van der Waals surface area contributed by atoms with E-state index in [1.54, 1.807) is 0 Å². The number of aromatic nitrogens is 2. The molecule has 10 heteroatoms. The van der Waals surface area contributed by atoms with Crippen molar-refractivity contribution in [3.8, 4) is 0 Å². The van der Waals surface area contributed by atoms with Crippen LogP contribution >= 0.6 is 0 Å². The van der Waals surface area contributed by atoms with Gasteiger partial charge in [0.2, 0.25) is 5.71 Å². The maximum atomic E-state index is 12.6. The standard InChI is InChI=1S/C20H20N4O6/c1-11-14(15-17(29-11)22-10-24(3)18(15)26)19(27)30-12(2)16(25)23-20(28)21-9-13-7-5-4-6-8-13/h4-8,10,12H,9H2,1-3H3,(H2,21,23,25,28). The molecule has 0 spiro atoms. The minimum absolute atomic E-state index is 0.0000515. The van der Waals surface area contributed by atoms with Gasteiger partial charge in [-0.25, -0.2) is 14.6 Å². The van der Waals surface area contributed by atoms with E-state index < -0.39 is 29.6 Å². The molecule has 3 rings (SSSR count). The van der Waals surface area contributed by atoms with Crippen LogP contribution in [-0.2, 0) is 23.1 Å². The normalized spacial score (nSPS) is 11.7. The molecule has 0 aliphatic rings. The number of aryl methyl sites for hydroxylation is 2. The smallest absolute Gasteiger partial charge is 0.343 e. The molecule has 3 aromatic rings. The van der Waals surface area contributed by atoms with Gasteiger partial charge in [0, 0.05) is 13.6 Å². The van der Waals surface area contributed by atoms with Crippen molar-refractivity contribution >= 4 is 29.0 Å². The number of hydrogen-bond acceptors (Lipinski definition) is 7. The van der Waals surface area contributed by atoms with Gasteiger partial charge in [0.1, 0.15) is 23.0 Å². The number of urea groups is 1. The summed E-state index contributed by atoms with van der Waals surface area (Å²) < 4.78 is 11.7. The van der Waals surface area contributed by atoms with Gasteiger partial charge in [-0.3, -0.25) is 14.9 Å². The van der Waals surface area contributed by atoms with Crippen molar-refractivity contribution in [2.75, 3.05) is 0 Å². The number of benzene rings is 1. The maximum Gasteiger partial charge on any atom is 0.343 e. The Hall–Kier alpha value is -3.95. The number of furan rings is 1. The monoisotopic (exact) mass is 412 g/mol. The number of rotatable bonds is 5. The third-order valence-electron chi connectivity index (χ3n) is 4.34. The number of amides is 3. The average Bonchev–Trinajstić information content (AvgIpc) is 3.06. The maximum absolute atomic E-state index is 12.6. The number of carbonyl (C=O) groups excluding carboxylic acids is 3. The van der Waals surface area contributed by atoms with Crippen molar-refractivity contribution < 1.29 is 23.5 Å². The molecule has 156 valence electrons. The average molecular weight is 412 g/mol. The SMILES string of the molecule is Cc1oc2ncn(C)c(=O)c2c1C(=O)OC(C)C(=O)NC(=O)NCc1ccccc1. The first-order chi connectivity index (χ1) is 14.3. The van der Waals surface area contributed by atoms with Crippen LogP contribution in [-0.4, -0.2) is 33.6 Å². The summed E-state index contributed by atoms with van der Waals surface area (Å²) in [5.74, 6) is -1.60. The van der Waals surface area contributed by atoms with Gasteiger partial charge >= 0.3 is 12.0 Å². The van der Waals surface area contributed by atoms with Gasteiger partial charge < -0.3 is 19.0 Å². The van der Waals surface area contributed by atoms with Gasteiger partial charge in [0.15, 0.2) is 6.10 Å². The second-order valence-electron chi connectivity index (χ2n) is 6.58. The topological polar surface area (TPSA) is 133 Å². The summed E-state index contributed by atoms with van der Waals surface area (Å²) >= 11 is 0. The van der Waals surface area contributed by atoms with Crippen molar-refractivity contribution in [1.82, 2.24) is 20.2 Å². The molecule has 1 unspecified atom stereocenters. The summed E-state index contributed by atoms with van der Waals surface area (Å²) in [5.41, 5.74) is 0.269. The van der Waals surface area contributed by atoms with E-state index in [4.69, 9.17) is 9.15 Å². The molecule has 3 amide bonds. The lowest BCUT2D eigenvalue weighted by Crippen LogP contribution is -2.44. The van der Waals surface area contributed by atoms with Crippen LogP contribution in [0.15, 0.2) is 45.9 Å². The van der Waals surface area contributed by atoms with E-state index in [1.807, 2.05) is 30.3 Å². The molecule has 0 aliphatic carbocycles. The Morgan fingerprint density at radius 3 is 2.63 bits per heavy atom. The Morgan fingerprint density at radius 1 is 1.23 bits per heavy atom. The van der Waals surface area contributed by atoms with Crippen LogP contribution in [0.2, 0.25) is 0 Å². The van der Waals surface area contributed by atoms with Crippen molar-refractivity contribution in [2.24, 2.45) is 7.05 Å². The summed E-state index contributed by atoms with van der Waals surface area (Å²) in [6, 6.07) is 8.42. The molecule has 10 nitrogen and oxygen atoms in total. The van der Waals surface area contributed by atoms with Gasteiger partial charge in [0.25, 0.3) is 11.5 Å². The van der Waals surface area contributed by atoms with E-state index in [2.05, 4.69) is 15.6 Å². The molecule has 1 aromatic carbocycles. The van der Waals surface area contributed by atoms with E-state index >= 15 is 0 Å². The Balaban J connectivity index is 1.64. The molecule has 0 aliphatic heterocycles. The van der Waals surface area contributed by atoms with Gasteiger partial charge in [0.05, 0.1) is 0 Å². The van der Waals surface area contributed by atoms with Gasteiger partial charge in [-0.2, -0.15) is 0 Å². The van der Waals surface area contributed by atoms with E-state index in [-0.39, 0.29) is 29.0 Å². The highest BCUT2D eigenvalue weighted by atomic mass is 16.5. The van der Waals surface area contributed by atoms with Crippen LogP contribution in [0.1, 0.15) is 28.6 Å². The van der Waals surface area contributed by atoms with Crippen LogP contribution in [0.4, 0.5) is 4.79 Å². The highest BCUT2D eigenvalue weighted by Crippen LogP contribution is 2.22. The number of hydrogen-bond donors (Lipinski definition) is 2. The Morgan fingerprint density at radius 2 is 1.93 bits per heavy atom. The van der Waals surface area contributed by atoms with Crippen molar-refractivity contribution in [3.05, 3.63) is 63.9 Å². The zero-order valence-electron chi connectivity index (χ0n) is 16.6. The molecule has 0 fully saturated rings. The zero-order valence-corrected chi connectivity index (χ0v) is 16.6. The quantitative estimate of drug-likeness (QED) is 0.605. The first kappa shape index (κ1) is 20.8. The Labute approximate surface area is 170 Å². The van der Waals surface area contributed by atoms with Crippen LogP contribution in [0.5, 0.6) is 0 Å². The van der Waals surface area contributed by atoms with Gasteiger partial charge in [-0.05, 0) is 19.4 Å². The second kappa shape index (κ2) is 8.60. The molecule has 2 N–H and O–H groups in total. The fourth-order valence-corrected chi connectivity index (χ4v) is 2.74. The summed E-state index contributed by atoms with van der Waals surface area (Å²) in [6.45, 7) is 3.02. The van der Waals surface area contributed by atoms with Crippen molar-refractivity contribution in [2.45, 2.75) is 26.5 Å². The fourth-order valence-electron chi connectivity index (χ4n) is 2.74. The van der Waals surface area contributed by atoms with E-state index in [1.165, 1.54) is 31.8 Å². The summed E-state index contributed by atoms with van der Waals surface area (Å²) in [7, 11) is 1.48. The molecule has 1 atom stereocenters. The predicted molar refractivity (Wildman–Crippen MR) is 106 cm³/mol. The van der Waals surface area contributed by atoms with Crippen molar-refractivity contribution in [3.63, 3.8) is 0 Å². The molecule has 2 heterocycles. The largest absolute Gasteiger partial charge is 0.449 e. The first-order valence-electron chi connectivity index (χ1n) is 9.06. The Bertz CT molecular complexity index is 1170. The van der Waals surface area contributed by atoms with Crippen LogP contribution in [0, 0.1) is 6.92 Å². The van der Waals surface area contributed by atoms with Gasteiger partial charge in [-0.15, -0.1) is 0 Å². The number of fused-ring (bicyclic) bond motifs is 1. The molecule has 0 radical (unpaired) electrons. The number of ether oxygens (including phenoxy) is 1. The molecular formula is C20H20N4O6. The Kier molecular flexibility index (Phi) is 5.95. The lowest BCUT2D eigenvalue weighted by Gasteiger charge is -2.13. The van der Waals surface area contributed by atoms with Crippen LogP contribution < -0.4 is 16.2 Å². The minimum atomic E-state index is -1.29. The van der Waals surface area contributed by atoms with E-state index in [0.29, 0.717) is 0 Å². The van der Waals surface area contributed by atoms with Crippen LogP contribution in [0.25, 0.3) is 11.1 Å². The lowest BCUT2D eigenvalue weighted by molar-refractivity contribution is -0.127. The molecule has 30 heavy (non-hydrogen) atoms. The molecule has 2 aromatic heterocycles. The molecule has 0 saturated heterocycles. The number of nitrogens with one attached hydrogen (secondary N) is 2. The predicted octanol–water partition coefficient (Wildman–Crippen LogP) is 1.41.